The van der Waals surface area contributed by atoms with Crippen LogP contribution in [0.2, 0.25) is 0 Å². The second kappa shape index (κ2) is 11.7. The molecule has 0 unspecified atom stereocenters. The van der Waals surface area contributed by atoms with Crippen LogP contribution in [0.3, 0.4) is 0 Å². The second-order valence-electron chi connectivity index (χ2n) is 10.8. The minimum absolute atomic E-state index is 0.0859. The topological polar surface area (TPSA) is 112 Å². The number of nitrogens with one attached hydrogen (secondary N) is 2. The molecule has 0 saturated carbocycles. The molecule has 6 rings (SSSR count). The first kappa shape index (κ1) is 27.5. The van der Waals surface area contributed by atoms with Crippen LogP contribution in [0, 0.1) is 0 Å². The molecular formula is C31H36N8O3. The molecule has 3 aromatic heterocycles. The molecule has 4 amide bonds. The molecule has 11 nitrogen and oxygen atoms in total. The zero-order chi connectivity index (χ0) is 29.2. The van der Waals surface area contributed by atoms with Gasteiger partial charge in [0.1, 0.15) is 11.3 Å². The minimum atomic E-state index is -0.175. The molecule has 4 aromatic rings. The van der Waals surface area contributed by atoms with Gasteiger partial charge in [0.2, 0.25) is 0 Å². The van der Waals surface area contributed by atoms with E-state index in [0.717, 1.165) is 57.8 Å². The maximum Gasteiger partial charge on any atom is 0.321 e. The molecular weight excluding hydrogens is 532 g/mol. The van der Waals surface area contributed by atoms with Crippen LogP contribution in [0.15, 0.2) is 54.9 Å². The van der Waals surface area contributed by atoms with E-state index in [9.17, 15) is 9.59 Å². The fourth-order valence-electron chi connectivity index (χ4n) is 5.42. The summed E-state index contributed by atoms with van der Waals surface area (Å²) in [5, 5.41) is 8.79. The van der Waals surface area contributed by atoms with Crippen molar-refractivity contribution in [3.8, 4) is 22.4 Å². The van der Waals surface area contributed by atoms with Crippen molar-refractivity contribution in [2.45, 2.75) is 19.9 Å². The van der Waals surface area contributed by atoms with Gasteiger partial charge in [-0.2, -0.15) is 5.10 Å². The van der Waals surface area contributed by atoms with E-state index in [1.807, 2.05) is 51.0 Å². The van der Waals surface area contributed by atoms with E-state index in [1.54, 1.807) is 14.1 Å². The van der Waals surface area contributed by atoms with Crippen molar-refractivity contribution < 1.29 is 14.3 Å². The molecule has 5 heterocycles. The molecule has 2 aliphatic heterocycles. The van der Waals surface area contributed by atoms with Crippen molar-refractivity contribution in [1.29, 1.82) is 0 Å². The van der Waals surface area contributed by atoms with Gasteiger partial charge in [-0.1, -0.05) is 18.2 Å². The molecule has 1 fully saturated rings. The number of urea groups is 2. The molecule has 42 heavy (non-hydrogen) atoms. The number of anilines is 1. The lowest BCUT2D eigenvalue weighted by molar-refractivity contribution is 0.0441. The van der Waals surface area contributed by atoms with Gasteiger partial charge in [-0.25, -0.2) is 14.6 Å². The van der Waals surface area contributed by atoms with Gasteiger partial charge in [0.25, 0.3) is 0 Å². The first-order chi connectivity index (χ1) is 20.4. The summed E-state index contributed by atoms with van der Waals surface area (Å²) < 4.78 is 7.33. The summed E-state index contributed by atoms with van der Waals surface area (Å²) in [7, 11) is 3.42. The Kier molecular flexibility index (Phi) is 7.66. The van der Waals surface area contributed by atoms with Crippen molar-refractivity contribution in [3.05, 3.63) is 60.6 Å². The third-order valence-electron chi connectivity index (χ3n) is 7.83. The van der Waals surface area contributed by atoms with Crippen molar-refractivity contribution in [2.24, 2.45) is 0 Å². The van der Waals surface area contributed by atoms with Gasteiger partial charge in [-0.15, -0.1) is 0 Å². The fraction of sp³-hybridized carbons (Fsp3) is 0.355. The van der Waals surface area contributed by atoms with Crippen molar-refractivity contribution in [2.75, 3.05) is 58.8 Å². The standard InChI is InChI=1S/C31H36N8O3/c1-4-39-20-26(28(35-39)22-5-7-23(8-6-22)33-30(40)36(2)3)24-9-12-32-29-25(24)19-27(34-29)21-10-13-37(14-11-21)31(41)38-15-17-42-18-16-38/h5-10,12,19-20H,4,11,13-18H2,1-3H3,(H,32,34)(H,33,40). The Hall–Kier alpha value is -4.64. The first-order valence-corrected chi connectivity index (χ1v) is 14.4. The molecule has 0 bridgehead atoms. The van der Waals surface area contributed by atoms with Gasteiger partial charge in [0, 0.05) is 87.1 Å². The quantitative estimate of drug-likeness (QED) is 0.361. The highest BCUT2D eigenvalue weighted by molar-refractivity contribution is 5.99. The Bertz CT molecular complexity index is 1630. The maximum atomic E-state index is 12.9. The van der Waals surface area contributed by atoms with Crippen LogP contribution < -0.4 is 5.32 Å². The molecule has 0 aliphatic carbocycles. The molecule has 1 aromatic carbocycles. The molecule has 11 heteroatoms. The number of aryl methyl sites for hydroxylation is 1. The van der Waals surface area contributed by atoms with Gasteiger partial charge in [-0.3, -0.25) is 4.68 Å². The number of pyridine rings is 1. The summed E-state index contributed by atoms with van der Waals surface area (Å²) in [4.78, 5) is 38.4. The van der Waals surface area contributed by atoms with E-state index < -0.39 is 0 Å². The van der Waals surface area contributed by atoms with E-state index in [0.29, 0.717) is 39.4 Å². The number of morpholine rings is 1. The van der Waals surface area contributed by atoms with Crippen LogP contribution in [0.1, 0.15) is 19.0 Å². The molecule has 1 saturated heterocycles. The minimum Gasteiger partial charge on any atom is -0.378 e. The number of carbonyl (C=O) groups excluding carboxylic acids is 2. The summed E-state index contributed by atoms with van der Waals surface area (Å²) in [5.74, 6) is 0. The number of aromatic nitrogens is 4. The van der Waals surface area contributed by atoms with Gasteiger partial charge in [0.15, 0.2) is 0 Å². The van der Waals surface area contributed by atoms with Crippen LogP contribution in [0.4, 0.5) is 15.3 Å². The zero-order valence-electron chi connectivity index (χ0n) is 24.3. The summed E-state index contributed by atoms with van der Waals surface area (Å²) >= 11 is 0. The number of hydrogen-bond donors (Lipinski definition) is 2. The monoisotopic (exact) mass is 568 g/mol. The molecule has 0 spiro atoms. The number of ether oxygens (including phenoxy) is 1. The van der Waals surface area contributed by atoms with Crippen LogP contribution in [0.25, 0.3) is 39.0 Å². The second-order valence-corrected chi connectivity index (χ2v) is 10.8. The van der Waals surface area contributed by atoms with E-state index >= 15 is 0 Å². The Labute approximate surface area is 244 Å². The van der Waals surface area contributed by atoms with E-state index in [4.69, 9.17) is 9.84 Å². The van der Waals surface area contributed by atoms with Crippen molar-refractivity contribution in [3.63, 3.8) is 0 Å². The Balaban J connectivity index is 1.28. The molecule has 2 N–H and O–H groups in total. The average molecular weight is 569 g/mol. The zero-order valence-corrected chi connectivity index (χ0v) is 24.3. The molecule has 0 atom stereocenters. The van der Waals surface area contributed by atoms with Crippen LogP contribution in [0.5, 0.6) is 0 Å². The number of benzene rings is 1. The van der Waals surface area contributed by atoms with Crippen LogP contribution >= 0.6 is 0 Å². The highest BCUT2D eigenvalue weighted by Crippen LogP contribution is 2.37. The number of hydrogen-bond acceptors (Lipinski definition) is 5. The lowest BCUT2D eigenvalue weighted by Gasteiger charge is -2.34. The number of amides is 4. The maximum absolute atomic E-state index is 12.9. The van der Waals surface area contributed by atoms with E-state index in [-0.39, 0.29) is 12.1 Å². The highest BCUT2D eigenvalue weighted by atomic mass is 16.5. The summed E-state index contributed by atoms with van der Waals surface area (Å²) in [6, 6.07) is 11.9. The fourth-order valence-corrected chi connectivity index (χ4v) is 5.42. The highest BCUT2D eigenvalue weighted by Gasteiger charge is 2.25. The molecule has 0 radical (unpaired) electrons. The number of aromatic amines is 1. The van der Waals surface area contributed by atoms with Gasteiger partial charge >= 0.3 is 12.1 Å². The number of fused-ring (bicyclic) bond motifs is 1. The lowest BCUT2D eigenvalue weighted by Crippen LogP contribution is -2.49. The lowest BCUT2D eigenvalue weighted by atomic mass is 9.99. The number of carbonyl (C=O) groups is 2. The molecule has 2 aliphatic rings. The number of nitrogens with zero attached hydrogens (tertiary/aromatic N) is 6. The average Bonchev–Trinajstić information content (AvgIpc) is 3.66. The summed E-state index contributed by atoms with van der Waals surface area (Å²) in [6.45, 7) is 6.57. The van der Waals surface area contributed by atoms with E-state index in [2.05, 4.69) is 40.5 Å². The van der Waals surface area contributed by atoms with E-state index in [1.165, 1.54) is 10.5 Å². The van der Waals surface area contributed by atoms with Gasteiger partial charge < -0.3 is 29.7 Å². The first-order valence-electron chi connectivity index (χ1n) is 14.4. The largest absolute Gasteiger partial charge is 0.378 e. The van der Waals surface area contributed by atoms with Crippen LogP contribution in [-0.2, 0) is 11.3 Å². The summed E-state index contributed by atoms with van der Waals surface area (Å²) in [6.07, 6.45) is 6.81. The Morgan fingerprint density at radius 2 is 1.83 bits per heavy atom. The third-order valence-corrected chi connectivity index (χ3v) is 7.83. The van der Waals surface area contributed by atoms with Gasteiger partial charge in [0.05, 0.1) is 13.2 Å². The predicted molar refractivity (Wildman–Crippen MR) is 163 cm³/mol. The number of H-pyrrole nitrogens is 1. The molecule has 218 valence electrons. The Morgan fingerprint density at radius 1 is 1.05 bits per heavy atom. The third kappa shape index (κ3) is 5.47. The summed E-state index contributed by atoms with van der Waals surface area (Å²) in [5.41, 5.74) is 7.63. The normalized spacial score (nSPS) is 15.5. The number of rotatable bonds is 5. The SMILES string of the molecule is CCn1cc(-c2ccnc3[nH]c(C4=CCN(C(=O)N5CCOCC5)CC4)cc23)c(-c2ccc(NC(=O)N(C)C)cc2)n1. The van der Waals surface area contributed by atoms with Gasteiger partial charge in [-0.05, 0) is 48.7 Å². The van der Waals surface area contributed by atoms with Crippen molar-refractivity contribution in [1.82, 2.24) is 34.4 Å². The smallest absolute Gasteiger partial charge is 0.321 e. The Morgan fingerprint density at radius 3 is 2.52 bits per heavy atom. The van der Waals surface area contributed by atoms with Crippen LogP contribution in [-0.4, -0.2) is 100.0 Å². The van der Waals surface area contributed by atoms with Crippen molar-refractivity contribution >= 4 is 34.4 Å². The predicted octanol–water partition coefficient (Wildman–Crippen LogP) is 4.75.